The predicted molar refractivity (Wildman–Crippen MR) is 67.0 cm³/mol. The maximum absolute atomic E-state index is 9.69. The van der Waals surface area contributed by atoms with Crippen LogP contribution >= 0.6 is 0 Å². The molecule has 0 aromatic heterocycles. The quantitative estimate of drug-likeness (QED) is 0.212. The average molecular weight is 595 g/mol. The van der Waals surface area contributed by atoms with E-state index in [1.807, 2.05) is 0 Å². The summed E-state index contributed by atoms with van der Waals surface area (Å²) in [5.41, 5.74) is 20.9. The molecule has 0 aliphatic heterocycles. The third-order valence-corrected chi connectivity index (χ3v) is 1.62. The molecule has 202 valence electrons. The van der Waals surface area contributed by atoms with Crippen LogP contribution in [0, 0.1) is 30.7 Å². The molecular formula is C9H27Cl3CoN5O14. The van der Waals surface area contributed by atoms with E-state index >= 15 is 0 Å². The summed E-state index contributed by atoms with van der Waals surface area (Å²) >= 11 is 0. The molecule has 0 spiro atoms. The Bertz CT molecular complexity index is 314. The van der Waals surface area contributed by atoms with Gasteiger partial charge in [0.15, 0.2) is 0 Å². The number of hydrogen-bond donors (Lipinski definition) is 4. The molecule has 23 heteroatoms. The molecule has 0 aliphatic rings. The van der Waals surface area contributed by atoms with Crippen LogP contribution in [0.1, 0.15) is 6.92 Å². The summed E-state index contributed by atoms with van der Waals surface area (Å²) in [7, 11) is -14.8. The molecule has 0 unspecified atom stereocenters. The summed E-state index contributed by atoms with van der Waals surface area (Å²) < 4.78 is 102. The van der Waals surface area contributed by atoms with E-state index in [0.717, 1.165) is 19.6 Å². The third-order valence-electron chi connectivity index (χ3n) is 1.62. The van der Waals surface area contributed by atoms with E-state index in [9.17, 15) is 4.79 Å². The first-order valence-corrected chi connectivity index (χ1v) is 10.7. The van der Waals surface area contributed by atoms with Crippen molar-refractivity contribution in [2.45, 2.75) is 6.92 Å². The molecule has 0 aliphatic carbocycles. The fourth-order valence-electron chi connectivity index (χ4n) is 0.883. The number of carbonyl (C=O) groups is 1. The Morgan fingerprint density at radius 1 is 0.625 bits per heavy atom. The van der Waals surface area contributed by atoms with Gasteiger partial charge in [0.1, 0.15) is 5.78 Å². The van der Waals surface area contributed by atoms with Crippen LogP contribution < -0.4 is 78.8 Å². The monoisotopic (exact) mass is 593 g/mol. The van der Waals surface area contributed by atoms with Crippen LogP contribution in [0.15, 0.2) is 0 Å². The minimum atomic E-state index is -4.94. The van der Waals surface area contributed by atoms with Gasteiger partial charge in [0.25, 0.3) is 0 Å². The average Bonchev–Trinajstić information content (AvgIpc) is 2.43. The fourth-order valence-corrected chi connectivity index (χ4v) is 0.883. The summed E-state index contributed by atoms with van der Waals surface area (Å²) in [6.45, 7) is 6.36. The van der Waals surface area contributed by atoms with Crippen molar-refractivity contribution in [1.29, 1.82) is 0 Å². The number of rotatable bonds is 7. The Morgan fingerprint density at radius 2 is 0.750 bits per heavy atom. The zero-order valence-corrected chi connectivity index (χ0v) is 19.8. The molecule has 19 nitrogen and oxygen atoms in total. The number of nitrogens with two attached hydrogens (primary N) is 4. The van der Waals surface area contributed by atoms with Crippen LogP contribution in [0.2, 0.25) is 0 Å². The second-order valence-corrected chi connectivity index (χ2v) is 6.52. The van der Waals surface area contributed by atoms with Gasteiger partial charge >= 0.3 is 16.8 Å². The molecule has 0 rings (SSSR count). The van der Waals surface area contributed by atoms with E-state index in [1.165, 1.54) is 6.92 Å². The molecule has 0 saturated heterocycles. The first kappa shape index (κ1) is 49.5. The van der Waals surface area contributed by atoms with Gasteiger partial charge in [0.05, 0.1) is 6.54 Å². The smallest absolute Gasteiger partial charge is 0.412 e. The number of halogens is 3. The Labute approximate surface area is 200 Å². The largest absolute Gasteiger partial charge is 3.00 e. The van der Waals surface area contributed by atoms with E-state index in [1.54, 1.807) is 0 Å². The van der Waals surface area contributed by atoms with Gasteiger partial charge in [0.2, 0.25) is 0 Å². The summed E-state index contributed by atoms with van der Waals surface area (Å²) in [5.74, 6) is 0.0324. The summed E-state index contributed by atoms with van der Waals surface area (Å²) in [4.78, 5) is 11.9. The van der Waals surface area contributed by atoms with Crippen molar-refractivity contribution in [3.05, 3.63) is 0 Å². The van der Waals surface area contributed by atoms with Crippen molar-refractivity contribution in [2.24, 2.45) is 22.9 Å². The molecule has 0 heterocycles. The van der Waals surface area contributed by atoms with Gasteiger partial charge in [-0.05, 0) is 6.92 Å². The maximum atomic E-state index is 9.69. The molecule has 0 saturated carbocycles. The number of Topliss-reactive ketones (excluding diaryl/α,β-unsaturated/α-hetero) is 1. The van der Waals surface area contributed by atoms with Crippen LogP contribution in [-0.4, -0.2) is 62.0 Å². The van der Waals surface area contributed by atoms with Crippen molar-refractivity contribution in [3.63, 3.8) is 0 Å². The van der Waals surface area contributed by atoms with Gasteiger partial charge in [0, 0.05) is 39.3 Å². The van der Waals surface area contributed by atoms with Crippen LogP contribution in [0.3, 0.4) is 0 Å². The molecule has 0 radical (unpaired) electrons. The van der Waals surface area contributed by atoms with Gasteiger partial charge in [-0.15, -0.1) is 30.7 Å². The van der Waals surface area contributed by atoms with Gasteiger partial charge in [-0.25, -0.2) is 55.9 Å². The predicted octanol–water partition coefficient (Wildman–Crippen LogP) is -17.4. The molecule has 0 atom stereocenters. The van der Waals surface area contributed by atoms with E-state index in [4.69, 9.17) is 78.8 Å². The Morgan fingerprint density at radius 3 is 0.812 bits per heavy atom. The molecule has 0 amide bonds. The van der Waals surface area contributed by atoms with Crippen molar-refractivity contribution < 1.29 is 114 Å². The fraction of sp³-hybridized carbons (Fsp3) is 0.889. The molecule has 0 bridgehead atoms. The Balaban J connectivity index is -0.0000000501. The second kappa shape index (κ2) is 29.4. The minimum absolute atomic E-state index is 0. The molecule has 0 aromatic carbocycles. The van der Waals surface area contributed by atoms with E-state index in [0.29, 0.717) is 19.6 Å². The molecule has 10 N–H and O–H groups in total. The van der Waals surface area contributed by atoms with Crippen molar-refractivity contribution in [1.82, 2.24) is 4.90 Å². The molecule has 0 aromatic rings. The maximum Gasteiger partial charge on any atom is 3.00 e. The van der Waals surface area contributed by atoms with E-state index < -0.39 is 30.7 Å². The minimum Gasteiger partial charge on any atom is -0.412 e. The molecular weight excluding hydrogens is 567 g/mol. The van der Waals surface area contributed by atoms with E-state index in [2.05, 4.69) is 4.90 Å². The van der Waals surface area contributed by atoms with Gasteiger partial charge in [-0.1, -0.05) is 0 Å². The number of nitrogens with zero attached hydrogens (tertiary/aromatic N) is 1. The Kier molecular flexibility index (Phi) is 45.4. The number of ketones is 1. The zero-order chi connectivity index (χ0) is 25.6. The summed E-state index contributed by atoms with van der Waals surface area (Å²) in [6.07, 6.45) is 0. The van der Waals surface area contributed by atoms with Crippen LogP contribution in [0.25, 0.3) is 0 Å². The SMILES string of the molecule is CC(=O)CN.NCCN(CCN)CCN.O.[Co+3].[O-][Cl+3]([O-])([O-])[O-].[O-][Cl+3]([O-])([O-])[O-].[O-][Cl+3]([O-])([O-])[O-]. The van der Waals surface area contributed by atoms with Gasteiger partial charge in [-0.2, -0.15) is 0 Å². The van der Waals surface area contributed by atoms with Crippen molar-refractivity contribution in [3.8, 4) is 0 Å². The molecule has 32 heavy (non-hydrogen) atoms. The van der Waals surface area contributed by atoms with E-state index in [-0.39, 0.29) is 34.6 Å². The standard InChI is InChI=1S/C6H18N4.C3H7NO.3ClHO4.Co.H2O/c7-1-4-10(5-2-8)6-3-9;1-3(5)2-4;3*2-1(3,4)5;;/h1-9H2;2,4H2,1H3;3*(H,2,3,4,5);;1H2/q;;;;;+3;/p-3. The zero-order valence-electron chi connectivity index (χ0n) is 16.5. The normalized spacial score (nSPS) is 10.2. The Hall–Kier alpha value is 0.326. The second-order valence-electron chi connectivity index (χ2n) is 4.25. The summed E-state index contributed by atoms with van der Waals surface area (Å²) in [5, 5.41) is 0. The van der Waals surface area contributed by atoms with Crippen molar-refractivity contribution in [2.75, 3.05) is 45.8 Å². The first-order valence-electron chi connectivity index (χ1n) is 6.99. The van der Waals surface area contributed by atoms with Crippen molar-refractivity contribution >= 4 is 5.78 Å². The number of hydrogen-bond acceptors (Lipinski definition) is 18. The first-order chi connectivity index (χ1) is 13.1. The van der Waals surface area contributed by atoms with Gasteiger partial charge < -0.3 is 28.4 Å². The topological polar surface area (TPSA) is 433 Å². The van der Waals surface area contributed by atoms with Crippen LogP contribution in [0.4, 0.5) is 0 Å². The van der Waals surface area contributed by atoms with Crippen LogP contribution in [-0.2, 0) is 21.6 Å². The molecule has 0 fully saturated rings. The van der Waals surface area contributed by atoms with Crippen LogP contribution in [0.5, 0.6) is 0 Å². The summed E-state index contributed by atoms with van der Waals surface area (Å²) in [6, 6.07) is 0. The van der Waals surface area contributed by atoms with Gasteiger partial charge in [-0.3, -0.25) is 9.69 Å². The number of carbonyl (C=O) groups excluding carboxylic acids is 1. The third kappa shape index (κ3) is 203.